The second kappa shape index (κ2) is 8.39. The van der Waals surface area contributed by atoms with Gasteiger partial charge in [-0.15, -0.1) is 0 Å². The van der Waals surface area contributed by atoms with Crippen LogP contribution in [-0.2, 0) is 4.74 Å². The maximum atomic E-state index is 13.5. The van der Waals surface area contributed by atoms with Gasteiger partial charge in [0.05, 0.1) is 31.6 Å². The van der Waals surface area contributed by atoms with Gasteiger partial charge in [-0.2, -0.15) is 0 Å². The summed E-state index contributed by atoms with van der Waals surface area (Å²) in [6.45, 7) is 3.24. The molecule has 1 fully saturated rings. The Kier molecular flexibility index (Phi) is 5.69. The highest BCUT2D eigenvalue weighted by Crippen LogP contribution is 2.37. The molecule has 0 saturated carbocycles. The lowest BCUT2D eigenvalue weighted by Crippen LogP contribution is -2.37. The number of methoxy groups -OCH3 is 2. The van der Waals surface area contributed by atoms with E-state index in [-0.39, 0.29) is 12.0 Å². The molecule has 29 heavy (non-hydrogen) atoms. The predicted molar refractivity (Wildman–Crippen MR) is 115 cm³/mol. The van der Waals surface area contributed by atoms with Crippen LogP contribution in [0, 0.1) is 6.92 Å². The number of hydrogen-bond acceptors (Lipinski definition) is 6. The molecule has 1 unspecified atom stereocenters. The summed E-state index contributed by atoms with van der Waals surface area (Å²) in [5, 5.41) is 0.649. The summed E-state index contributed by atoms with van der Waals surface area (Å²) in [6, 6.07) is 11.1. The van der Waals surface area contributed by atoms with Crippen molar-refractivity contribution in [2.45, 2.75) is 25.9 Å². The molecule has 0 radical (unpaired) electrons. The number of thiazole rings is 1. The summed E-state index contributed by atoms with van der Waals surface area (Å²) in [7, 11) is 3.23. The Bertz CT molecular complexity index is 1030. The van der Waals surface area contributed by atoms with Gasteiger partial charge in [0.2, 0.25) is 0 Å². The van der Waals surface area contributed by atoms with Crippen LogP contribution in [0.5, 0.6) is 11.5 Å². The molecule has 7 heteroatoms. The number of amides is 1. The second-order valence-corrected chi connectivity index (χ2v) is 8.02. The summed E-state index contributed by atoms with van der Waals surface area (Å²) in [5.74, 6) is 1.24. The Labute approximate surface area is 174 Å². The van der Waals surface area contributed by atoms with Crippen molar-refractivity contribution in [1.82, 2.24) is 4.98 Å². The third-order valence-electron chi connectivity index (χ3n) is 5.11. The molecule has 1 aromatic heterocycles. The minimum absolute atomic E-state index is 0.0135. The topological polar surface area (TPSA) is 60.9 Å². The molecule has 4 rings (SSSR count). The number of benzene rings is 2. The summed E-state index contributed by atoms with van der Waals surface area (Å²) >= 11 is 1.51. The SMILES string of the molecule is COc1cccc(C(=O)N(CC2CCCO2)c2nc3c(OC)ccc(C)c3s2)c1. The van der Waals surface area contributed by atoms with Gasteiger partial charge in [-0.3, -0.25) is 9.69 Å². The fourth-order valence-electron chi connectivity index (χ4n) is 3.53. The fourth-order valence-corrected chi connectivity index (χ4v) is 4.59. The Morgan fingerprint density at radius 3 is 2.86 bits per heavy atom. The number of nitrogens with zero attached hydrogens (tertiary/aromatic N) is 2. The van der Waals surface area contributed by atoms with Crippen molar-refractivity contribution in [3.63, 3.8) is 0 Å². The van der Waals surface area contributed by atoms with Crippen LogP contribution in [0.25, 0.3) is 10.2 Å². The van der Waals surface area contributed by atoms with Gasteiger partial charge >= 0.3 is 0 Å². The molecule has 152 valence electrons. The number of anilines is 1. The van der Waals surface area contributed by atoms with E-state index in [1.807, 2.05) is 31.2 Å². The summed E-state index contributed by atoms with van der Waals surface area (Å²) in [4.78, 5) is 20.0. The van der Waals surface area contributed by atoms with Crippen LogP contribution in [0.3, 0.4) is 0 Å². The predicted octanol–water partition coefficient (Wildman–Crippen LogP) is 4.45. The Hall–Kier alpha value is -2.64. The van der Waals surface area contributed by atoms with Crippen molar-refractivity contribution in [2.75, 3.05) is 32.3 Å². The normalized spacial score (nSPS) is 16.2. The van der Waals surface area contributed by atoms with E-state index in [1.165, 1.54) is 11.3 Å². The number of carbonyl (C=O) groups excluding carboxylic acids is 1. The lowest BCUT2D eigenvalue weighted by molar-refractivity contribution is 0.0917. The van der Waals surface area contributed by atoms with E-state index >= 15 is 0 Å². The molecule has 0 bridgehead atoms. The van der Waals surface area contributed by atoms with E-state index in [0.29, 0.717) is 28.7 Å². The second-order valence-electron chi connectivity index (χ2n) is 7.04. The number of carbonyl (C=O) groups is 1. The summed E-state index contributed by atoms with van der Waals surface area (Å²) in [6.07, 6.45) is 1.97. The largest absolute Gasteiger partial charge is 0.497 e. The van der Waals surface area contributed by atoms with Crippen LogP contribution in [0.15, 0.2) is 36.4 Å². The van der Waals surface area contributed by atoms with Gasteiger partial charge in [0.25, 0.3) is 5.91 Å². The molecule has 2 heterocycles. The van der Waals surface area contributed by atoms with Crippen LogP contribution < -0.4 is 14.4 Å². The number of fused-ring (bicyclic) bond motifs is 1. The molecule has 2 aromatic carbocycles. The Morgan fingerprint density at radius 2 is 2.14 bits per heavy atom. The van der Waals surface area contributed by atoms with E-state index in [1.54, 1.807) is 31.3 Å². The van der Waals surface area contributed by atoms with Crippen LogP contribution >= 0.6 is 11.3 Å². The first-order valence-electron chi connectivity index (χ1n) is 9.62. The van der Waals surface area contributed by atoms with Crippen molar-refractivity contribution in [1.29, 1.82) is 0 Å². The molecular weight excluding hydrogens is 388 g/mol. The highest BCUT2D eigenvalue weighted by molar-refractivity contribution is 7.22. The zero-order valence-corrected chi connectivity index (χ0v) is 17.6. The molecule has 1 saturated heterocycles. The molecule has 0 spiro atoms. The number of aromatic nitrogens is 1. The molecule has 0 N–H and O–H groups in total. The van der Waals surface area contributed by atoms with Crippen LogP contribution in [0.2, 0.25) is 0 Å². The number of hydrogen-bond donors (Lipinski definition) is 0. The molecule has 6 nitrogen and oxygen atoms in total. The first kappa shape index (κ1) is 19.7. The zero-order chi connectivity index (χ0) is 20.4. The van der Waals surface area contributed by atoms with Crippen molar-refractivity contribution in [3.05, 3.63) is 47.5 Å². The molecule has 1 aliphatic heterocycles. The van der Waals surface area contributed by atoms with E-state index in [2.05, 4.69) is 0 Å². The monoisotopic (exact) mass is 412 g/mol. The quantitative estimate of drug-likeness (QED) is 0.599. The standard InChI is InChI=1S/C22H24N2O4S/c1-14-9-10-18(27-3)19-20(14)29-22(23-19)24(13-17-8-5-11-28-17)21(25)15-6-4-7-16(12-15)26-2/h4,6-7,9-10,12,17H,5,8,11,13H2,1-3H3. The first-order valence-corrected chi connectivity index (χ1v) is 10.4. The number of rotatable bonds is 6. The van der Waals surface area contributed by atoms with Crippen molar-refractivity contribution in [2.24, 2.45) is 0 Å². The highest BCUT2D eigenvalue weighted by atomic mass is 32.1. The van der Waals surface area contributed by atoms with E-state index in [4.69, 9.17) is 19.2 Å². The van der Waals surface area contributed by atoms with Gasteiger partial charge in [-0.05, 0) is 49.6 Å². The third kappa shape index (κ3) is 3.93. The van der Waals surface area contributed by atoms with Gasteiger partial charge in [0.1, 0.15) is 17.0 Å². The number of aryl methyl sites for hydroxylation is 1. The molecular formula is C22H24N2O4S. The van der Waals surface area contributed by atoms with Gasteiger partial charge < -0.3 is 14.2 Å². The van der Waals surface area contributed by atoms with Crippen LogP contribution in [0.4, 0.5) is 5.13 Å². The first-order chi connectivity index (χ1) is 14.1. The van der Waals surface area contributed by atoms with Crippen LogP contribution in [0.1, 0.15) is 28.8 Å². The smallest absolute Gasteiger partial charge is 0.260 e. The highest BCUT2D eigenvalue weighted by Gasteiger charge is 2.28. The summed E-state index contributed by atoms with van der Waals surface area (Å²) < 4.78 is 17.6. The zero-order valence-electron chi connectivity index (χ0n) is 16.8. The maximum absolute atomic E-state index is 13.5. The Morgan fingerprint density at radius 1 is 1.28 bits per heavy atom. The summed E-state index contributed by atoms with van der Waals surface area (Å²) in [5.41, 5.74) is 2.45. The lowest BCUT2D eigenvalue weighted by Gasteiger charge is -2.23. The molecule has 1 aliphatic rings. The van der Waals surface area contributed by atoms with Gasteiger partial charge in [-0.25, -0.2) is 4.98 Å². The van der Waals surface area contributed by atoms with E-state index in [0.717, 1.165) is 35.2 Å². The molecule has 1 atom stereocenters. The van der Waals surface area contributed by atoms with E-state index in [9.17, 15) is 4.79 Å². The number of ether oxygens (including phenoxy) is 3. The minimum atomic E-state index is -0.116. The maximum Gasteiger partial charge on any atom is 0.260 e. The Balaban J connectivity index is 1.76. The van der Waals surface area contributed by atoms with Gasteiger partial charge in [0.15, 0.2) is 5.13 Å². The molecule has 1 amide bonds. The average Bonchev–Trinajstić information content (AvgIpc) is 3.42. The van der Waals surface area contributed by atoms with E-state index < -0.39 is 0 Å². The van der Waals surface area contributed by atoms with Crippen molar-refractivity contribution < 1.29 is 19.0 Å². The lowest BCUT2D eigenvalue weighted by atomic mass is 10.1. The van der Waals surface area contributed by atoms with Gasteiger partial charge in [-0.1, -0.05) is 23.5 Å². The van der Waals surface area contributed by atoms with Crippen molar-refractivity contribution >= 4 is 32.6 Å². The van der Waals surface area contributed by atoms with Crippen molar-refractivity contribution in [3.8, 4) is 11.5 Å². The average molecular weight is 413 g/mol. The molecule has 0 aliphatic carbocycles. The van der Waals surface area contributed by atoms with Crippen LogP contribution in [-0.4, -0.2) is 44.4 Å². The third-order valence-corrected chi connectivity index (χ3v) is 6.33. The molecule has 3 aromatic rings. The minimum Gasteiger partial charge on any atom is -0.497 e. The fraction of sp³-hybridized carbons (Fsp3) is 0.364. The van der Waals surface area contributed by atoms with Gasteiger partial charge in [0, 0.05) is 12.2 Å².